The summed E-state index contributed by atoms with van der Waals surface area (Å²) in [5, 5.41) is 3.13. The van der Waals surface area contributed by atoms with Gasteiger partial charge in [-0.2, -0.15) is 8.78 Å². The number of rotatable bonds is 7. The van der Waals surface area contributed by atoms with Crippen LogP contribution in [-0.2, 0) is 6.54 Å². The molecule has 1 heterocycles. The molecule has 0 saturated heterocycles. The van der Waals surface area contributed by atoms with Crippen LogP contribution in [0.1, 0.15) is 18.9 Å². The summed E-state index contributed by atoms with van der Waals surface area (Å²) in [6.45, 7) is 1.60. The summed E-state index contributed by atoms with van der Waals surface area (Å²) >= 11 is 0. The molecule has 122 valence electrons. The van der Waals surface area contributed by atoms with Crippen LogP contribution in [0.4, 0.5) is 8.78 Å². The third-order valence-electron chi connectivity index (χ3n) is 3.22. The Labute approximate surface area is 128 Å². The normalized spacial score (nSPS) is 14.2. The second-order valence-corrected chi connectivity index (χ2v) is 4.98. The molecule has 5 nitrogen and oxygen atoms in total. The molecule has 1 N–H and O–H groups in total. The molecule has 0 saturated carbocycles. The molecular weight excluding hydrogens is 292 g/mol. The molecule has 1 aromatic carbocycles. The van der Waals surface area contributed by atoms with Crippen molar-refractivity contribution in [3.8, 4) is 11.5 Å². The molecule has 7 heteroatoms. The minimum Gasteiger partial charge on any atom is -0.493 e. The van der Waals surface area contributed by atoms with Gasteiger partial charge >= 0.3 is 6.61 Å². The molecule has 0 spiro atoms. The van der Waals surface area contributed by atoms with Crippen LogP contribution in [0, 0.1) is 0 Å². The molecule has 0 bridgehead atoms. The Hall–Kier alpha value is -2.05. The van der Waals surface area contributed by atoms with Crippen LogP contribution in [0.15, 0.2) is 23.2 Å². The maximum atomic E-state index is 12.6. The highest BCUT2D eigenvalue weighted by Gasteiger charge is 2.15. The van der Waals surface area contributed by atoms with Crippen molar-refractivity contribution in [1.82, 2.24) is 10.2 Å². The average molecular weight is 313 g/mol. The Morgan fingerprint density at radius 3 is 2.86 bits per heavy atom. The molecule has 0 radical (unpaired) electrons. The molecule has 1 aliphatic rings. The second-order valence-electron chi connectivity index (χ2n) is 4.98. The van der Waals surface area contributed by atoms with Gasteiger partial charge < -0.3 is 19.7 Å². The van der Waals surface area contributed by atoms with Crippen LogP contribution in [0.25, 0.3) is 0 Å². The third kappa shape index (κ3) is 4.47. The first-order chi connectivity index (χ1) is 10.6. The van der Waals surface area contributed by atoms with Gasteiger partial charge in [0.05, 0.1) is 13.2 Å². The molecule has 1 aliphatic heterocycles. The lowest BCUT2D eigenvalue weighted by Crippen LogP contribution is -2.35. The maximum Gasteiger partial charge on any atom is 0.387 e. The quantitative estimate of drug-likeness (QED) is 0.840. The number of nitrogens with zero attached hydrogens (tertiary/aromatic N) is 2. The van der Waals surface area contributed by atoms with E-state index in [-0.39, 0.29) is 5.75 Å². The highest BCUT2D eigenvalue weighted by atomic mass is 19.3. The standard InChI is InChI=1S/C15H21F2N3O2/c1-3-8-21-12-5-4-11(13(9-12)22-14(16)17)10-19-15-18-6-7-20(15)2/h4-5,9,14H,3,6-8,10H2,1-2H3,(H,18,19). The zero-order valence-corrected chi connectivity index (χ0v) is 12.8. The number of nitrogens with one attached hydrogen (secondary N) is 1. The van der Waals surface area contributed by atoms with Gasteiger partial charge in [0.25, 0.3) is 0 Å². The summed E-state index contributed by atoms with van der Waals surface area (Å²) in [7, 11) is 1.93. The topological polar surface area (TPSA) is 46.1 Å². The van der Waals surface area contributed by atoms with Crippen LogP contribution in [0.2, 0.25) is 0 Å². The largest absolute Gasteiger partial charge is 0.493 e. The molecule has 22 heavy (non-hydrogen) atoms. The Morgan fingerprint density at radius 1 is 1.41 bits per heavy atom. The Balaban J connectivity index is 2.07. The van der Waals surface area contributed by atoms with E-state index in [0.29, 0.717) is 24.5 Å². The Kier molecular flexibility index (Phi) is 5.80. The number of likely N-dealkylation sites (N-methyl/N-ethyl adjacent to an activating group) is 1. The van der Waals surface area contributed by atoms with E-state index in [1.807, 2.05) is 18.9 Å². The lowest BCUT2D eigenvalue weighted by molar-refractivity contribution is -0.0505. The van der Waals surface area contributed by atoms with Crippen molar-refractivity contribution in [3.63, 3.8) is 0 Å². The number of hydrogen-bond donors (Lipinski definition) is 1. The van der Waals surface area contributed by atoms with Crippen LogP contribution in [0.3, 0.4) is 0 Å². The third-order valence-corrected chi connectivity index (χ3v) is 3.22. The first-order valence-corrected chi connectivity index (χ1v) is 7.30. The predicted molar refractivity (Wildman–Crippen MR) is 80.6 cm³/mol. The average Bonchev–Trinajstić information content (AvgIpc) is 2.89. The summed E-state index contributed by atoms with van der Waals surface area (Å²) in [5.41, 5.74) is 0.632. The fourth-order valence-corrected chi connectivity index (χ4v) is 2.09. The highest BCUT2D eigenvalue weighted by Crippen LogP contribution is 2.26. The molecule has 0 fully saturated rings. The number of aliphatic imine (C=N–C) groups is 1. The fraction of sp³-hybridized carbons (Fsp3) is 0.533. The second kappa shape index (κ2) is 7.82. The van der Waals surface area contributed by atoms with Crippen molar-refractivity contribution in [2.45, 2.75) is 26.5 Å². The summed E-state index contributed by atoms with van der Waals surface area (Å²) in [4.78, 5) is 6.28. The van der Waals surface area contributed by atoms with Crippen LogP contribution >= 0.6 is 0 Å². The van der Waals surface area contributed by atoms with E-state index >= 15 is 0 Å². The van der Waals surface area contributed by atoms with Gasteiger partial charge in [-0.25, -0.2) is 0 Å². The monoisotopic (exact) mass is 313 g/mol. The molecule has 0 aliphatic carbocycles. The number of hydrogen-bond acceptors (Lipinski definition) is 5. The van der Waals surface area contributed by atoms with Crippen LogP contribution in [0.5, 0.6) is 11.5 Å². The van der Waals surface area contributed by atoms with Gasteiger partial charge in [-0.1, -0.05) is 6.92 Å². The summed E-state index contributed by atoms with van der Waals surface area (Å²) in [6.07, 6.45) is 0.848. The zero-order valence-electron chi connectivity index (χ0n) is 12.8. The SMILES string of the molecule is CCCOc1ccc(CNC2=NCCN2C)c(OC(F)F)c1. The summed E-state index contributed by atoms with van der Waals surface area (Å²) in [6, 6.07) is 4.98. The first-order valence-electron chi connectivity index (χ1n) is 7.30. The molecule has 2 rings (SSSR count). The fourth-order valence-electron chi connectivity index (χ4n) is 2.09. The molecular formula is C15H21F2N3O2. The van der Waals surface area contributed by atoms with Gasteiger partial charge in [-0.05, 0) is 18.6 Å². The molecule has 1 aromatic rings. The number of guanidine groups is 1. The minimum absolute atomic E-state index is 0.123. The van der Waals surface area contributed by atoms with Crippen molar-refractivity contribution in [1.29, 1.82) is 0 Å². The van der Waals surface area contributed by atoms with E-state index in [0.717, 1.165) is 25.5 Å². The van der Waals surface area contributed by atoms with E-state index in [1.165, 1.54) is 6.07 Å². The van der Waals surface area contributed by atoms with Crippen molar-refractivity contribution < 1.29 is 18.3 Å². The van der Waals surface area contributed by atoms with E-state index in [2.05, 4.69) is 15.0 Å². The van der Waals surface area contributed by atoms with Crippen LogP contribution < -0.4 is 14.8 Å². The van der Waals surface area contributed by atoms with E-state index in [4.69, 9.17) is 4.74 Å². The number of alkyl halides is 2. The molecule has 0 aromatic heterocycles. The summed E-state index contributed by atoms with van der Waals surface area (Å²) in [5.74, 6) is 1.41. The van der Waals surface area contributed by atoms with Gasteiger partial charge in [0, 0.05) is 31.8 Å². The highest BCUT2D eigenvalue weighted by molar-refractivity contribution is 5.81. The Bertz CT molecular complexity index is 524. The van der Waals surface area contributed by atoms with Crippen molar-refractivity contribution in [2.75, 3.05) is 26.7 Å². The smallest absolute Gasteiger partial charge is 0.387 e. The first kappa shape index (κ1) is 16.3. The van der Waals surface area contributed by atoms with E-state index < -0.39 is 6.61 Å². The maximum absolute atomic E-state index is 12.6. The van der Waals surface area contributed by atoms with Gasteiger partial charge in [-0.3, -0.25) is 4.99 Å². The number of benzene rings is 1. The van der Waals surface area contributed by atoms with Gasteiger partial charge in [0.2, 0.25) is 0 Å². The van der Waals surface area contributed by atoms with E-state index in [9.17, 15) is 8.78 Å². The van der Waals surface area contributed by atoms with Crippen LogP contribution in [-0.4, -0.2) is 44.2 Å². The lowest BCUT2D eigenvalue weighted by atomic mass is 10.2. The molecule has 0 unspecified atom stereocenters. The van der Waals surface area contributed by atoms with E-state index in [1.54, 1.807) is 12.1 Å². The zero-order chi connectivity index (χ0) is 15.9. The lowest BCUT2D eigenvalue weighted by Gasteiger charge is -2.17. The molecule has 0 amide bonds. The van der Waals surface area contributed by atoms with Gasteiger partial charge in [-0.15, -0.1) is 0 Å². The van der Waals surface area contributed by atoms with Crippen molar-refractivity contribution in [2.24, 2.45) is 4.99 Å². The Morgan fingerprint density at radius 2 is 2.23 bits per heavy atom. The van der Waals surface area contributed by atoms with Gasteiger partial charge in [0.1, 0.15) is 11.5 Å². The van der Waals surface area contributed by atoms with Crippen molar-refractivity contribution in [3.05, 3.63) is 23.8 Å². The predicted octanol–water partition coefficient (Wildman–Crippen LogP) is 2.47. The van der Waals surface area contributed by atoms with Gasteiger partial charge in [0.15, 0.2) is 5.96 Å². The number of ether oxygens (including phenoxy) is 2. The van der Waals surface area contributed by atoms with Crippen molar-refractivity contribution >= 4 is 5.96 Å². The number of halogens is 2. The minimum atomic E-state index is -2.87. The molecule has 0 atom stereocenters. The summed E-state index contributed by atoms with van der Waals surface area (Å²) < 4.78 is 35.2.